The summed E-state index contributed by atoms with van der Waals surface area (Å²) in [5.74, 6) is -1.38. The maximum absolute atomic E-state index is 13.2. The molecule has 11 nitrogen and oxygen atoms in total. The molecule has 0 aliphatic carbocycles. The Bertz CT molecular complexity index is 1770. The van der Waals surface area contributed by atoms with Gasteiger partial charge in [0.2, 0.25) is 0 Å². The molecule has 1 aliphatic heterocycles. The Labute approximate surface area is 208 Å². The van der Waals surface area contributed by atoms with Crippen LogP contribution in [0.1, 0.15) is 16.8 Å². The molecule has 5 aromatic rings. The monoisotopic (exact) mass is 496 g/mol. The summed E-state index contributed by atoms with van der Waals surface area (Å²) in [5, 5.41) is 21.0. The Morgan fingerprint density at radius 2 is 1.81 bits per heavy atom. The average molecular weight is 496 g/mol. The van der Waals surface area contributed by atoms with Gasteiger partial charge in [-0.05, 0) is 24.3 Å². The summed E-state index contributed by atoms with van der Waals surface area (Å²) in [5.41, 5.74) is 3.92. The number of nitrogens with one attached hydrogen (secondary N) is 2. The molecular formula is C26H20N6O5. The molecular weight excluding hydrogens is 476 g/mol. The van der Waals surface area contributed by atoms with Crippen LogP contribution in [-0.2, 0) is 27.5 Å². The number of methoxy groups -OCH3 is 1. The lowest BCUT2D eigenvalue weighted by atomic mass is 9.95. The van der Waals surface area contributed by atoms with Gasteiger partial charge in [-0.25, -0.2) is 4.68 Å². The molecule has 0 saturated carbocycles. The molecule has 2 aromatic carbocycles. The molecule has 0 unspecified atom stereocenters. The number of amides is 2. The molecule has 0 fully saturated rings. The third-order valence-electron chi connectivity index (χ3n) is 6.36. The van der Waals surface area contributed by atoms with Crippen molar-refractivity contribution < 1.29 is 24.2 Å². The van der Waals surface area contributed by atoms with Crippen LogP contribution in [0.5, 0.6) is 5.75 Å². The van der Waals surface area contributed by atoms with Gasteiger partial charge in [-0.3, -0.25) is 19.7 Å². The second kappa shape index (κ2) is 8.48. The van der Waals surface area contributed by atoms with Gasteiger partial charge in [0.25, 0.3) is 11.8 Å². The number of carboxylic acid groups (broad SMARTS) is 1. The van der Waals surface area contributed by atoms with Crippen LogP contribution in [0.3, 0.4) is 0 Å². The van der Waals surface area contributed by atoms with Gasteiger partial charge in [-0.2, -0.15) is 0 Å². The van der Waals surface area contributed by atoms with Gasteiger partial charge in [0.05, 0.1) is 31.0 Å². The number of para-hydroxylation sites is 1. The lowest BCUT2D eigenvalue weighted by molar-refractivity contribution is -0.138. The van der Waals surface area contributed by atoms with Gasteiger partial charge in [-0.15, -0.1) is 5.10 Å². The van der Waals surface area contributed by atoms with Crippen molar-refractivity contribution in [1.82, 2.24) is 29.9 Å². The molecule has 11 heteroatoms. The van der Waals surface area contributed by atoms with Crippen molar-refractivity contribution in [2.24, 2.45) is 0 Å². The van der Waals surface area contributed by atoms with E-state index in [1.54, 1.807) is 31.8 Å². The van der Waals surface area contributed by atoms with Crippen molar-refractivity contribution in [1.29, 1.82) is 0 Å². The van der Waals surface area contributed by atoms with E-state index in [-0.39, 0.29) is 24.2 Å². The van der Waals surface area contributed by atoms with Crippen molar-refractivity contribution in [2.45, 2.75) is 13.1 Å². The summed E-state index contributed by atoms with van der Waals surface area (Å²) in [4.78, 5) is 40.4. The highest BCUT2D eigenvalue weighted by Gasteiger charge is 2.35. The number of imide groups is 1. The maximum atomic E-state index is 13.2. The molecule has 184 valence electrons. The molecule has 1 aliphatic rings. The molecule has 3 N–H and O–H groups in total. The number of nitrogens with zero attached hydrogens (tertiary/aromatic N) is 4. The number of benzene rings is 2. The van der Waals surface area contributed by atoms with Crippen molar-refractivity contribution in [3.05, 3.63) is 77.9 Å². The Hall–Kier alpha value is -5.19. The molecule has 0 spiro atoms. The molecule has 4 heterocycles. The number of H-pyrrole nitrogens is 1. The second-order valence-corrected chi connectivity index (χ2v) is 8.64. The third kappa shape index (κ3) is 3.73. The predicted octanol–water partition coefficient (Wildman–Crippen LogP) is 2.42. The second-order valence-electron chi connectivity index (χ2n) is 8.64. The average Bonchev–Trinajstić information content (AvgIpc) is 3.64. The minimum Gasteiger partial charge on any atom is -0.497 e. The fourth-order valence-electron chi connectivity index (χ4n) is 4.78. The van der Waals surface area contributed by atoms with Gasteiger partial charge >= 0.3 is 5.97 Å². The zero-order chi connectivity index (χ0) is 25.7. The zero-order valence-corrected chi connectivity index (χ0v) is 19.6. The number of fused-ring (bicyclic) bond motifs is 2. The van der Waals surface area contributed by atoms with Crippen LogP contribution in [-0.4, -0.2) is 54.5 Å². The Morgan fingerprint density at radius 3 is 2.59 bits per heavy atom. The Balaban J connectivity index is 1.54. The van der Waals surface area contributed by atoms with E-state index in [2.05, 4.69) is 20.6 Å². The molecule has 37 heavy (non-hydrogen) atoms. The van der Waals surface area contributed by atoms with Crippen LogP contribution < -0.4 is 10.1 Å². The van der Waals surface area contributed by atoms with Gasteiger partial charge in [0.1, 0.15) is 18.0 Å². The Morgan fingerprint density at radius 1 is 1.03 bits per heavy atom. The first-order valence-corrected chi connectivity index (χ1v) is 11.4. The summed E-state index contributed by atoms with van der Waals surface area (Å²) in [6, 6.07) is 13.1. The van der Waals surface area contributed by atoms with E-state index in [0.29, 0.717) is 22.6 Å². The van der Waals surface area contributed by atoms with Crippen LogP contribution in [0.25, 0.3) is 33.0 Å². The molecule has 2 amide bonds. The number of rotatable bonds is 7. The lowest BCUT2D eigenvalue weighted by Gasteiger charge is -2.05. The largest absolute Gasteiger partial charge is 0.497 e. The third-order valence-corrected chi connectivity index (χ3v) is 6.36. The SMILES string of the molecule is COc1ccc2c(c1)c(C1=C(c3c[nH]c4ccccc34)C(=O)NC1=O)cn2Cc1cn(CC(=O)O)nn1. The normalized spacial score (nSPS) is 13.6. The highest BCUT2D eigenvalue weighted by atomic mass is 16.5. The van der Waals surface area contributed by atoms with Crippen LogP contribution in [0, 0.1) is 0 Å². The summed E-state index contributed by atoms with van der Waals surface area (Å²) >= 11 is 0. The fraction of sp³-hybridized carbons (Fsp3) is 0.115. The van der Waals surface area contributed by atoms with Crippen LogP contribution in [0.4, 0.5) is 0 Å². The minimum absolute atomic E-state index is 0.265. The number of hydrogen-bond donors (Lipinski definition) is 3. The van der Waals surface area contributed by atoms with E-state index in [1.807, 2.05) is 41.0 Å². The number of aromatic nitrogens is 5. The number of aromatic amines is 1. The summed E-state index contributed by atoms with van der Waals surface area (Å²) in [6.07, 6.45) is 5.09. The lowest BCUT2D eigenvalue weighted by Crippen LogP contribution is -2.22. The first kappa shape index (κ1) is 22.3. The predicted molar refractivity (Wildman–Crippen MR) is 134 cm³/mol. The topological polar surface area (TPSA) is 144 Å². The number of carbonyl (C=O) groups excluding carboxylic acids is 2. The van der Waals surface area contributed by atoms with E-state index in [0.717, 1.165) is 21.8 Å². The smallest absolute Gasteiger partial charge is 0.325 e. The van der Waals surface area contributed by atoms with Gasteiger partial charge < -0.3 is 19.4 Å². The molecule has 3 aromatic heterocycles. The Kier molecular flexibility index (Phi) is 5.11. The van der Waals surface area contributed by atoms with E-state index < -0.39 is 17.8 Å². The van der Waals surface area contributed by atoms with Crippen LogP contribution in [0.15, 0.2) is 61.1 Å². The molecule has 0 atom stereocenters. The number of aliphatic carboxylic acids is 1. The minimum atomic E-state index is -1.02. The van der Waals surface area contributed by atoms with E-state index >= 15 is 0 Å². The van der Waals surface area contributed by atoms with Crippen molar-refractivity contribution in [3.8, 4) is 5.75 Å². The summed E-state index contributed by atoms with van der Waals surface area (Å²) in [6.45, 7) is -0.0290. The van der Waals surface area contributed by atoms with E-state index in [1.165, 1.54) is 4.68 Å². The first-order valence-electron chi connectivity index (χ1n) is 11.4. The summed E-state index contributed by atoms with van der Waals surface area (Å²) < 4.78 is 8.56. The van der Waals surface area contributed by atoms with Gasteiger partial charge in [0.15, 0.2) is 0 Å². The number of carbonyl (C=O) groups is 3. The molecule has 0 saturated heterocycles. The highest BCUT2D eigenvalue weighted by Crippen LogP contribution is 2.39. The summed E-state index contributed by atoms with van der Waals surface area (Å²) in [7, 11) is 1.56. The van der Waals surface area contributed by atoms with E-state index in [9.17, 15) is 14.4 Å². The van der Waals surface area contributed by atoms with Gasteiger partial charge in [-0.1, -0.05) is 23.4 Å². The number of hydrogen-bond acceptors (Lipinski definition) is 6. The molecule has 0 bridgehead atoms. The zero-order valence-electron chi connectivity index (χ0n) is 19.6. The fourth-order valence-corrected chi connectivity index (χ4v) is 4.78. The molecule has 6 rings (SSSR count). The standard InChI is InChI=1S/C26H20N6O5/c1-37-15-6-7-21-17(8-15)19(12-31(21)10-14-11-32(30-29-14)13-22(33)34)24-23(25(35)28-26(24)36)18-9-27-20-5-3-2-4-16(18)20/h2-9,11-12,27H,10,13H2,1H3,(H,33,34)(H,28,35,36). The number of carboxylic acids is 1. The maximum Gasteiger partial charge on any atom is 0.325 e. The van der Waals surface area contributed by atoms with Crippen molar-refractivity contribution in [3.63, 3.8) is 0 Å². The van der Waals surface area contributed by atoms with E-state index in [4.69, 9.17) is 9.84 Å². The van der Waals surface area contributed by atoms with Crippen LogP contribution >= 0.6 is 0 Å². The highest BCUT2D eigenvalue weighted by molar-refractivity contribution is 6.50. The quantitative estimate of drug-likeness (QED) is 0.294. The van der Waals surface area contributed by atoms with Crippen LogP contribution in [0.2, 0.25) is 0 Å². The molecule has 0 radical (unpaired) electrons. The van der Waals surface area contributed by atoms with Crippen molar-refractivity contribution in [2.75, 3.05) is 7.11 Å². The number of ether oxygens (including phenoxy) is 1. The first-order chi connectivity index (χ1) is 17.9. The van der Waals surface area contributed by atoms with Gasteiger partial charge in [0, 0.05) is 45.3 Å². The van der Waals surface area contributed by atoms with Crippen molar-refractivity contribution >= 4 is 50.7 Å².